The Kier molecular flexibility index (Phi) is 3.88. The molecule has 0 unspecified atom stereocenters. The Bertz CT molecular complexity index is 649. The van der Waals surface area contributed by atoms with Gasteiger partial charge in [0, 0.05) is 5.39 Å². The molecule has 1 aromatic heterocycles. The zero-order chi connectivity index (χ0) is 13.8. The normalized spacial score (nSPS) is 10.9. The van der Waals surface area contributed by atoms with E-state index in [-0.39, 0.29) is 24.5 Å². The molecule has 0 aliphatic heterocycles. The molecule has 0 saturated carbocycles. The van der Waals surface area contributed by atoms with Crippen LogP contribution in [0.4, 0.5) is 0 Å². The molecule has 7 nitrogen and oxygen atoms in total. The fourth-order valence-electron chi connectivity index (χ4n) is 1.69. The van der Waals surface area contributed by atoms with Gasteiger partial charge in [-0.1, -0.05) is 18.2 Å². The number of hydrogen-bond donors (Lipinski definition) is 4. The van der Waals surface area contributed by atoms with E-state index >= 15 is 0 Å². The van der Waals surface area contributed by atoms with E-state index in [2.05, 4.69) is 15.5 Å². The number of aromatic amines is 1. The van der Waals surface area contributed by atoms with Gasteiger partial charge in [-0.2, -0.15) is 5.10 Å². The topological polar surface area (TPSA) is 115 Å². The van der Waals surface area contributed by atoms with Crippen LogP contribution in [0, 0.1) is 0 Å². The largest absolute Gasteiger partial charge is 0.394 e. The fourth-order valence-corrected chi connectivity index (χ4v) is 1.69. The van der Waals surface area contributed by atoms with Gasteiger partial charge in [0.15, 0.2) is 5.69 Å². The number of carbonyl (C=O) groups is 1. The van der Waals surface area contributed by atoms with Crippen molar-refractivity contribution in [2.45, 2.75) is 6.04 Å². The molecule has 0 spiro atoms. The second-order valence-electron chi connectivity index (χ2n) is 3.98. The van der Waals surface area contributed by atoms with Gasteiger partial charge in [-0.15, -0.1) is 0 Å². The van der Waals surface area contributed by atoms with Crippen LogP contribution >= 0.6 is 0 Å². The maximum Gasteiger partial charge on any atom is 0.272 e. The first-order valence-corrected chi connectivity index (χ1v) is 5.67. The van der Waals surface area contributed by atoms with E-state index in [1.807, 2.05) is 0 Å². The Balaban J connectivity index is 2.43. The summed E-state index contributed by atoms with van der Waals surface area (Å²) in [7, 11) is 0. The number of benzene rings is 1. The molecule has 1 heterocycles. The summed E-state index contributed by atoms with van der Waals surface area (Å²) in [6.07, 6.45) is 0. The number of hydrogen-bond acceptors (Lipinski definition) is 5. The summed E-state index contributed by atoms with van der Waals surface area (Å²) in [6.45, 7) is -0.771. The van der Waals surface area contributed by atoms with E-state index in [0.717, 1.165) is 0 Å². The molecule has 7 heteroatoms. The predicted octanol–water partition coefficient (Wildman–Crippen LogP) is -0.994. The minimum absolute atomic E-state index is 0.0436. The number of aliphatic hydroxyl groups excluding tert-OH is 2. The van der Waals surface area contributed by atoms with E-state index < -0.39 is 11.9 Å². The highest BCUT2D eigenvalue weighted by Crippen LogP contribution is 2.12. The molecule has 2 rings (SSSR count). The van der Waals surface area contributed by atoms with Gasteiger partial charge in [-0.3, -0.25) is 9.59 Å². The number of amides is 1. The van der Waals surface area contributed by atoms with Crippen LogP contribution in [0.3, 0.4) is 0 Å². The first kappa shape index (κ1) is 13.2. The molecule has 1 amide bonds. The van der Waals surface area contributed by atoms with Gasteiger partial charge >= 0.3 is 0 Å². The molecule has 100 valence electrons. The molecular weight excluding hydrogens is 250 g/mol. The summed E-state index contributed by atoms with van der Waals surface area (Å²) in [5, 5.41) is 27.0. The van der Waals surface area contributed by atoms with Crippen LogP contribution in [0.25, 0.3) is 10.8 Å². The van der Waals surface area contributed by atoms with Crippen LogP contribution in [-0.2, 0) is 0 Å². The second kappa shape index (κ2) is 5.59. The van der Waals surface area contributed by atoms with E-state index in [9.17, 15) is 9.59 Å². The smallest absolute Gasteiger partial charge is 0.272 e. The van der Waals surface area contributed by atoms with Crippen LogP contribution in [-0.4, -0.2) is 45.6 Å². The molecule has 19 heavy (non-hydrogen) atoms. The first-order chi connectivity index (χ1) is 9.17. The Morgan fingerprint density at radius 1 is 1.26 bits per heavy atom. The average molecular weight is 263 g/mol. The van der Waals surface area contributed by atoms with Crippen molar-refractivity contribution in [3.8, 4) is 0 Å². The van der Waals surface area contributed by atoms with Crippen molar-refractivity contribution in [1.82, 2.24) is 15.5 Å². The SMILES string of the molecule is O=C(NC(CO)CO)c1n[nH]c(=O)c2ccccc12. The molecule has 0 aliphatic carbocycles. The van der Waals surface area contributed by atoms with Gasteiger partial charge in [0.25, 0.3) is 11.5 Å². The number of carbonyl (C=O) groups excluding carboxylic acids is 1. The lowest BCUT2D eigenvalue weighted by Gasteiger charge is -2.13. The van der Waals surface area contributed by atoms with Crippen molar-refractivity contribution in [1.29, 1.82) is 0 Å². The summed E-state index contributed by atoms with van der Waals surface area (Å²) in [6, 6.07) is 5.81. The Morgan fingerprint density at radius 3 is 2.53 bits per heavy atom. The van der Waals surface area contributed by atoms with Crippen LogP contribution in [0.2, 0.25) is 0 Å². The minimum atomic E-state index is -0.764. The molecule has 0 bridgehead atoms. The summed E-state index contributed by atoms with van der Waals surface area (Å²) in [5.74, 6) is -0.569. The molecule has 0 fully saturated rings. The van der Waals surface area contributed by atoms with Crippen LogP contribution in [0.5, 0.6) is 0 Å². The standard InChI is InChI=1S/C12H13N3O4/c16-5-7(6-17)13-12(19)10-8-3-1-2-4-9(8)11(18)15-14-10/h1-4,7,16-17H,5-6H2,(H,13,19)(H,15,18). The Labute approximate surface area is 107 Å². The molecule has 0 atom stereocenters. The molecule has 0 aliphatic rings. The molecule has 1 aromatic carbocycles. The summed E-state index contributed by atoms with van der Waals surface area (Å²) < 4.78 is 0. The Hall–Kier alpha value is -2.25. The van der Waals surface area contributed by atoms with Crippen molar-refractivity contribution < 1.29 is 15.0 Å². The first-order valence-electron chi connectivity index (χ1n) is 5.67. The monoisotopic (exact) mass is 263 g/mol. The lowest BCUT2D eigenvalue weighted by molar-refractivity contribution is 0.0875. The van der Waals surface area contributed by atoms with Crippen molar-refractivity contribution in [3.63, 3.8) is 0 Å². The maximum atomic E-state index is 12.0. The summed E-state index contributed by atoms with van der Waals surface area (Å²) in [4.78, 5) is 23.5. The molecule has 2 aromatic rings. The second-order valence-corrected chi connectivity index (χ2v) is 3.98. The van der Waals surface area contributed by atoms with Crippen LogP contribution < -0.4 is 10.9 Å². The number of H-pyrrole nitrogens is 1. The van der Waals surface area contributed by atoms with Gasteiger partial charge in [0.05, 0.1) is 24.6 Å². The quantitative estimate of drug-likeness (QED) is 0.565. The molecule has 4 N–H and O–H groups in total. The van der Waals surface area contributed by atoms with Crippen LogP contribution in [0.15, 0.2) is 29.1 Å². The predicted molar refractivity (Wildman–Crippen MR) is 67.8 cm³/mol. The van der Waals surface area contributed by atoms with Gasteiger partial charge in [0.1, 0.15) is 0 Å². The average Bonchev–Trinajstić information content (AvgIpc) is 2.45. The maximum absolute atomic E-state index is 12.0. The molecular formula is C12H13N3O4. The zero-order valence-electron chi connectivity index (χ0n) is 9.96. The van der Waals surface area contributed by atoms with Gasteiger partial charge < -0.3 is 15.5 Å². The van der Waals surface area contributed by atoms with E-state index in [1.165, 1.54) is 0 Å². The molecule has 0 radical (unpaired) electrons. The fraction of sp³-hybridized carbons (Fsp3) is 0.250. The van der Waals surface area contributed by atoms with Crippen molar-refractivity contribution in [3.05, 3.63) is 40.3 Å². The van der Waals surface area contributed by atoms with E-state index in [0.29, 0.717) is 10.8 Å². The van der Waals surface area contributed by atoms with Crippen molar-refractivity contribution >= 4 is 16.7 Å². The summed E-state index contributed by atoms with van der Waals surface area (Å²) in [5.41, 5.74) is -0.338. The van der Waals surface area contributed by atoms with Crippen LogP contribution in [0.1, 0.15) is 10.5 Å². The Morgan fingerprint density at radius 2 is 1.89 bits per heavy atom. The number of aromatic nitrogens is 2. The third-order valence-electron chi connectivity index (χ3n) is 2.69. The van der Waals surface area contributed by atoms with Gasteiger partial charge in [-0.05, 0) is 6.07 Å². The van der Waals surface area contributed by atoms with Gasteiger partial charge in [-0.25, -0.2) is 5.10 Å². The lowest BCUT2D eigenvalue weighted by atomic mass is 10.1. The highest BCUT2D eigenvalue weighted by Gasteiger charge is 2.17. The highest BCUT2D eigenvalue weighted by molar-refractivity contribution is 6.04. The number of aliphatic hydroxyl groups is 2. The number of nitrogens with one attached hydrogen (secondary N) is 2. The highest BCUT2D eigenvalue weighted by atomic mass is 16.3. The van der Waals surface area contributed by atoms with Gasteiger partial charge in [0.2, 0.25) is 0 Å². The number of nitrogens with zero attached hydrogens (tertiary/aromatic N) is 1. The van der Waals surface area contributed by atoms with E-state index in [4.69, 9.17) is 10.2 Å². The number of fused-ring (bicyclic) bond motifs is 1. The van der Waals surface area contributed by atoms with E-state index in [1.54, 1.807) is 24.3 Å². The third-order valence-corrected chi connectivity index (χ3v) is 2.69. The minimum Gasteiger partial charge on any atom is -0.394 e. The summed E-state index contributed by atoms with van der Waals surface area (Å²) >= 11 is 0. The van der Waals surface area contributed by atoms with Crippen molar-refractivity contribution in [2.75, 3.05) is 13.2 Å². The van der Waals surface area contributed by atoms with Crippen molar-refractivity contribution in [2.24, 2.45) is 0 Å². The zero-order valence-corrected chi connectivity index (χ0v) is 9.96. The number of rotatable bonds is 4. The third kappa shape index (κ3) is 2.61. The molecule has 0 saturated heterocycles. The lowest BCUT2D eigenvalue weighted by Crippen LogP contribution is -2.40.